The topological polar surface area (TPSA) is 41.5 Å². The van der Waals surface area contributed by atoms with Crippen molar-refractivity contribution in [2.24, 2.45) is 5.10 Å². The Kier molecular flexibility index (Phi) is 5.18. The van der Waals surface area contributed by atoms with E-state index in [1.54, 1.807) is 11.8 Å². The molecule has 0 saturated heterocycles. The van der Waals surface area contributed by atoms with Gasteiger partial charge >= 0.3 is 0 Å². The number of nitrogens with one attached hydrogen (secondary N) is 1. The molecular formula is C16H18N2OS. The fourth-order valence-electron chi connectivity index (χ4n) is 1.83. The van der Waals surface area contributed by atoms with Gasteiger partial charge in [0, 0.05) is 23.5 Å². The van der Waals surface area contributed by atoms with E-state index in [0.717, 1.165) is 17.0 Å². The second-order valence-electron chi connectivity index (χ2n) is 4.60. The molecule has 1 N–H and O–H groups in total. The third-order valence-electron chi connectivity index (χ3n) is 2.97. The van der Waals surface area contributed by atoms with Gasteiger partial charge in [0.25, 0.3) is 0 Å². The molecule has 20 heavy (non-hydrogen) atoms. The van der Waals surface area contributed by atoms with Crippen LogP contribution in [0.15, 0.2) is 46.9 Å². The smallest absolute Gasteiger partial charge is 0.240 e. The Morgan fingerprint density at radius 1 is 1.40 bits per heavy atom. The van der Waals surface area contributed by atoms with Crippen LogP contribution in [0, 0.1) is 6.92 Å². The maximum Gasteiger partial charge on any atom is 0.240 e. The second kappa shape index (κ2) is 7.10. The van der Waals surface area contributed by atoms with Crippen molar-refractivity contribution in [1.82, 2.24) is 5.43 Å². The Morgan fingerprint density at radius 2 is 2.25 bits per heavy atom. The summed E-state index contributed by atoms with van der Waals surface area (Å²) < 4.78 is 0. The number of carbonyl (C=O) groups excluding carboxylic acids is 1. The number of rotatable bonds is 5. The SMILES string of the molecule is C=CCSc1cc(C=CC2=NNC(=O)CC2)ccc1C. The van der Waals surface area contributed by atoms with Crippen LogP contribution in [0.1, 0.15) is 24.0 Å². The Labute approximate surface area is 123 Å². The van der Waals surface area contributed by atoms with Crippen molar-refractivity contribution in [3.05, 3.63) is 48.1 Å². The van der Waals surface area contributed by atoms with Gasteiger partial charge in [0.1, 0.15) is 0 Å². The molecule has 0 saturated carbocycles. The van der Waals surface area contributed by atoms with Gasteiger partial charge in [0.05, 0.1) is 5.71 Å². The number of thioether (sulfide) groups is 1. The van der Waals surface area contributed by atoms with Crippen LogP contribution in [-0.2, 0) is 4.79 Å². The molecule has 4 heteroatoms. The fourth-order valence-corrected chi connectivity index (χ4v) is 2.64. The molecule has 1 heterocycles. The van der Waals surface area contributed by atoms with E-state index in [9.17, 15) is 4.79 Å². The summed E-state index contributed by atoms with van der Waals surface area (Å²) in [6.45, 7) is 5.86. The minimum atomic E-state index is -0.0133. The molecule has 0 bridgehead atoms. The van der Waals surface area contributed by atoms with E-state index in [4.69, 9.17) is 0 Å². The molecule has 1 aliphatic heterocycles. The quantitative estimate of drug-likeness (QED) is 0.664. The summed E-state index contributed by atoms with van der Waals surface area (Å²) in [4.78, 5) is 12.3. The number of nitrogens with zero attached hydrogens (tertiary/aromatic N) is 1. The number of amides is 1. The molecule has 0 aliphatic carbocycles. The molecule has 3 nitrogen and oxygen atoms in total. The standard InChI is InChI=1S/C16H18N2OS/c1-3-10-20-15-11-13(5-4-12(15)2)6-7-14-8-9-16(19)18-17-14/h3-7,11H,1,8-10H2,2H3,(H,18,19). The summed E-state index contributed by atoms with van der Waals surface area (Å²) in [5, 5.41) is 4.03. The lowest BCUT2D eigenvalue weighted by Crippen LogP contribution is -2.24. The lowest BCUT2D eigenvalue weighted by molar-refractivity contribution is -0.121. The Bertz CT molecular complexity index is 576. The zero-order valence-corrected chi connectivity index (χ0v) is 12.4. The van der Waals surface area contributed by atoms with Gasteiger partial charge < -0.3 is 0 Å². The van der Waals surface area contributed by atoms with Crippen molar-refractivity contribution in [1.29, 1.82) is 0 Å². The maximum absolute atomic E-state index is 11.0. The monoisotopic (exact) mass is 286 g/mol. The molecule has 1 aliphatic rings. The van der Waals surface area contributed by atoms with Gasteiger partial charge in [0.15, 0.2) is 0 Å². The first-order valence-corrected chi connectivity index (χ1v) is 7.55. The Morgan fingerprint density at radius 3 is 2.95 bits per heavy atom. The highest BCUT2D eigenvalue weighted by molar-refractivity contribution is 7.99. The first-order valence-electron chi connectivity index (χ1n) is 6.57. The molecule has 0 atom stereocenters. The van der Waals surface area contributed by atoms with Crippen molar-refractivity contribution in [2.45, 2.75) is 24.7 Å². The lowest BCUT2D eigenvalue weighted by atomic mass is 10.1. The van der Waals surface area contributed by atoms with Crippen molar-refractivity contribution in [2.75, 3.05) is 5.75 Å². The zero-order valence-electron chi connectivity index (χ0n) is 11.6. The van der Waals surface area contributed by atoms with Gasteiger partial charge in [-0.05, 0) is 30.2 Å². The van der Waals surface area contributed by atoms with Crippen LogP contribution in [0.25, 0.3) is 6.08 Å². The molecule has 0 aromatic heterocycles. The van der Waals surface area contributed by atoms with E-state index in [1.807, 2.05) is 18.2 Å². The van der Waals surface area contributed by atoms with Crippen molar-refractivity contribution >= 4 is 29.5 Å². The largest absolute Gasteiger partial charge is 0.273 e. The minimum Gasteiger partial charge on any atom is -0.273 e. The maximum atomic E-state index is 11.0. The molecule has 2 rings (SSSR count). The second-order valence-corrected chi connectivity index (χ2v) is 5.66. The third-order valence-corrected chi connectivity index (χ3v) is 4.12. The number of carbonyl (C=O) groups is 1. The van der Waals surface area contributed by atoms with Gasteiger partial charge in [-0.2, -0.15) is 5.10 Å². The van der Waals surface area contributed by atoms with E-state index in [1.165, 1.54) is 10.5 Å². The normalized spacial score (nSPS) is 15.1. The van der Waals surface area contributed by atoms with Crippen LogP contribution in [0.5, 0.6) is 0 Å². The fraction of sp³-hybridized carbons (Fsp3) is 0.250. The van der Waals surface area contributed by atoms with Crippen LogP contribution in [-0.4, -0.2) is 17.4 Å². The highest BCUT2D eigenvalue weighted by atomic mass is 32.2. The summed E-state index contributed by atoms with van der Waals surface area (Å²) in [6.07, 6.45) is 7.12. The van der Waals surface area contributed by atoms with Crippen LogP contribution in [0.4, 0.5) is 0 Å². The van der Waals surface area contributed by atoms with Gasteiger partial charge in [0.2, 0.25) is 5.91 Å². The van der Waals surface area contributed by atoms with Crippen LogP contribution in [0.2, 0.25) is 0 Å². The first kappa shape index (κ1) is 14.6. The van der Waals surface area contributed by atoms with Crippen LogP contribution in [0.3, 0.4) is 0 Å². The Hall–Kier alpha value is -1.81. The third kappa shape index (κ3) is 4.10. The Balaban J connectivity index is 2.09. The average molecular weight is 286 g/mol. The number of hydrogen-bond donors (Lipinski definition) is 1. The zero-order chi connectivity index (χ0) is 14.4. The van der Waals surface area contributed by atoms with Gasteiger partial charge in [-0.1, -0.05) is 24.3 Å². The van der Waals surface area contributed by atoms with E-state index < -0.39 is 0 Å². The van der Waals surface area contributed by atoms with Crippen molar-refractivity contribution < 1.29 is 4.79 Å². The summed E-state index contributed by atoms with van der Waals surface area (Å²) in [6, 6.07) is 6.38. The minimum absolute atomic E-state index is 0.0133. The van der Waals surface area contributed by atoms with E-state index in [2.05, 4.69) is 42.2 Å². The van der Waals surface area contributed by atoms with Crippen molar-refractivity contribution in [3.63, 3.8) is 0 Å². The highest BCUT2D eigenvalue weighted by Gasteiger charge is 2.08. The molecule has 1 aromatic rings. The molecule has 0 fully saturated rings. The summed E-state index contributed by atoms with van der Waals surface area (Å²) >= 11 is 1.78. The first-order chi connectivity index (χ1) is 9.69. The number of allylic oxidation sites excluding steroid dienone is 1. The van der Waals surface area contributed by atoms with E-state index in [0.29, 0.717) is 12.8 Å². The number of hydrogen-bond acceptors (Lipinski definition) is 3. The predicted octanol–water partition coefficient (Wildman–Crippen LogP) is 3.55. The van der Waals surface area contributed by atoms with Gasteiger partial charge in [-0.15, -0.1) is 18.3 Å². The van der Waals surface area contributed by atoms with E-state index in [-0.39, 0.29) is 5.91 Å². The van der Waals surface area contributed by atoms with Crippen LogP contribution >= 0.6 is 11.8 Å². The summed E-state index contributed by atoms with van der Waals surface area (Å²) in [5.74, 6) is 0.896. The lowest BCUT2D eigenvalue weighted by Gasteiger charge is -2.08. The predicted molar refractivity (Wildman–Crippen MR) is 85.9 cm³/mol. The molecule has 1 aromatic carbocycles. The molecule has 104 valence electrons. The molecule has 0 unspecified atom stereocenters. The molecule has 1 amide bonds. The van der Waals surface area contributed by atoms with Gasteiger partial charge in [-0.3, -0.25) is 4.79 Å². The molecule has 0 radical (unpaired) electrons. The van der Waals surface area contributed by atoms with Gasteiger partial charge in [-0.25, -0.2) is 5.43 Å². The van der Waals surface area contributed by atoms with E-state index >= 15 is 0 Å². The van der Waals surface area contributed by atoms with Crippen LogP contribution < -0.4 is 5.43 Å². The number of hydrazone groups is 1. The van der Waals surface area contributed by atoms with Crippen molar-refractivity contribution in [3.8, 4) is 0 Å². The summed E-state index contributed by atoms with van der Waals surface area (Å²) in [7, 11) is 0. The number of aryl methyl sites for hydroxylation is 1. The average Bonchev–Trinajstić information content (AvgIpc) is 2.46. The molecular weight excluding hydrogens is 268 g/mol. The number of benzene rings is 1. The highest BCUT2D eigenvalue weighted by Crippen LogP contribution is 2.24. The summed E-state index contributed by atoms with van der Waals surface area (Å²) in [5.41, 5.74) is 5.82. The molecule has 0 spiro atoms.